The van der Waals surface area contributed by atoms with E-state index in [9.17, 15) is 13.2 Å². The second-order valence-corrected chi connectivity index (χ2v) is 9.36. The van der Waals surface area contributed by atoms with Crippen LogP contribution in [0.4, 0.5) is 5.69 Å². The monoisotopic (exact) mass is 434 g/mol. The number of anilines is 1. The highest BCUT2D eigenvalue weighted by molar-refractivity contribution is 7.89. The van der Waals surface area contributed by atoms with Crippen LogP contribution in [0, 0.1) is 12.8 Å². The summed E-state index contributed by atoms with van der Waals surface area (Å²) in [4.78, 5) is 12.8. The molecule has 1 atom stereocenters. The molecule has 1 aliphatic rings. The average molecular weight is 435 g/mol. The van der Waals surface area contributed by atoms with Gasteiger partial charge in [-0.25, -0.2) is 13.0 Å². The Hall–Kier alpha value is -2.49. The maximum absolute atomic E-state index is 13.2. The predicted molar refractivity (Wildman–Crippen MR) is 108 cm³/mol. The van der Waals surface area contributed by atoms with Crippen molar-refractivity contribution in [3.05, 3.63) is 47.0 Å². The molecule has 3 aromatic rings. The second kappa shape index (κ2) is 7.74. The van der Waals surface area contributed by atoms with Gasteiger partial charge in [-0.3, -0.25) is 4.79 Å². The molecule has 0 aliphatic carbocycles. The molecule has 1 aromatic heterocycles. The first-order valence-corrected chi connectivity index (χ1v) is 11.0. The van der Waals surface area contributed by atoms with Crippen LogP contribution >= 0.6 is 11.6 Å². The van der Waals surface area contributed by atoms with Gasteiger partial charge in [0.15, 0.2) is 5.52 Å². The Kier molecular flexibility index (Phi) is 5.28. The Balaban J connectivity index is 1.53. The maximum atomic E-state index is 13.2. The lowest BCUT2D eigenvalue weighted by molar-refractivity contribution is -0.120. The number of benzene rings is 2. The van der Waals surface area contributed by atoms with Gasteiger partial charge in [0.2, 0.25) is 15.9 Å². The number of nitrogens with one attached hydrogen (secondary N) is 1. The Labute approximate surface area is 172 Å². The van der Waals surface area contributed by atoms with Crippen LogP contribution < -0.4 is 5.32 Å². The molecule has 0 spiro atoms. The van der Waals surface area contributed by atoms with E-state index in [2.05, 4.69) is 20.3 Å². The summed E-state index contributed by atoms with van der Waals surface area (Å²) < 4.78 is 32.3. The number of rotatable bonds is 4. The standard InChI is InChI=1S/C19H19ClN4O4S/c1-12-7-8-14(10-15(12)20)21-19(25)13-4-3-9-24(11-13)29(26,27)17-6-2-5-16-18(17)23-28-22-16/h2,5-8,10,13H,3-4,9,11H2,1H3,(H,21,25)/t13-/m0/s1. The molecule has 29 heavy (non-hydrogen) atoms. The van der Waals surface area contributed by atoms with Gasteiger partial charge in [0.25, 0.3) is 0 Å². The molecule has 1 fully saturated rings. The van der Waals surface area contributed by atoms with E-state index in [1.54, 1.807) is 24.3 Å². The SMILES string of the molecule is Cc1ccc(NC(=O)[C@H]2CCCN(S(=O)(=O)c3cccc4nonc34)C2)cc1Cl. The van der Waals surface area contributed by atoms with Crippen molar-refractivity contribution in [2.75, 3.05) is 18.4 Å². The Bertz CT molecular complexity index is 1180. The Morgan fingerprint density at radius 2 is 2.10 bits per heavy atom. The third kappa shape index (κ3) is 3.85. The molecule has 0 radical (unpaired) electrons. The molecule has 4 rings (SSSR count). The average Bonchev–Trinajstić information content (AvgIpc) is 3.19. The van der Waals surface area contributed by atoms with Crippen LogP contribution in [-0.4, -0.2) is 42.0 Å². The lowest BCUT2D eigenvalue weighted by atomic mass is 9.98. The van der Waals surface area contributed by atoms with Crippen LogP contribution in [0.2, 0.25) is 5.02 Å². The highest BCUT2D eigenvalue weighted by atomic mass is 35.5. The zero-order valence-corrected chi connectivity index (χ0v) is 17.2. The Morgan fingerprint density at radius 3 is 2.90 bits per heavy atom. The Morgan fingerprint density at radius 1 is 1.28 bits per heavy atom. The molecule has 10 heteroatoms. The molecule has 0 bridgehead atoms. The number of piperidine rings is 1. The lowest BCUT2D eigenvalue weighted by Crippen LogP contribution is -2.43. The van der Waals surface area contributed by atoms with Gasteiger partial charge in [-0.1, -0.05) is 23.7 Å². The maximum Gasteiger partial charge on any atom is 0.245 e. The van der Waals surface area contributed by atoms with E-state index in [0.717, 1.165) is 5.56 Å². The van der Waals surface area contributed by atoms with Crippen molar-refractivity contribution in [2.24, 2.45) is 5.92 Å². The first kappa shape index (κ1) is 19.8. The number of aryl methyl sites for hydroxylation is 1. The highest BCUT2D eigenvalue weighted by Gasteiger charge is 2.35. The van der Waals surface area contributed by atoms with Crippen LogP contribution in [0.25, 0.3) is 11.0 Å². The summed E-state index contributed by atoms with van der Waals surface area (Å²) in [6, 6.07) is 9.97. The molecule has 1 amide bonds. The summed E-state index contributed by atoms with van der Waals surface area (Å²) in [5.74, 6) is -0.695. The molecule has 2 aromatic carbocycles. The van der Waals surface area contributed by atoms with Crippen molar-refractivity contribution >= 4 is 44.3 Å². The molecular formula is C19H19ClN4O4S. The number of fused-ring (bicyclic) bond motifs is 1. The molecule has 152 valence electrons. The van der Waals surface area contributed by atoms with Gasteiger partial charge < -0.3 is 5.32 Å². The molecule has 0 unspecified atom stereocenters. The summed E-state index contributed by atoms with van der Waals surface area (Å²) >= 11 is 6.11. The summed E-state index contributed by atoms with van der Waals surface area (Å²) in [6.45, 7) is 2.31. The van der Waals surface area contributed by atoms with Crippen LogP contribution in [-0.2, 0) is 14.8 Å². The van der Waals surface area contributed by atoms with Gasteiger partial charge in [-0.05, 0) is 59.9 Å². The van der Waals surface area contributed by atoms with Crippen LogP contribution in [0.15, 0.2) is 45.9 Å². The number of carbonyl (C=O) groups excluding carboxylic acids is 1. The molecule has 2 heterocycles. The lowest BCUT2D eigenvalue weighted by Gasteiger charge is -2.31. The minimum atomic E-state index is -3.84. The van der Waals surface area contributed by atoms with Crippen LogP contribution in [0.3, 0.4) is 0 Å². The van der Waals surface area contributed by atoms with Gasteiger partial charge in [-0.2, -0.15) is 4.31 Å². The molecule has 1 saturated heterocycles. The summed E-state index contributed by atoms with van der Waals surface area (Å²) in [5.41, 5.74) is 2.06. The zero-order valence-electron chi connectivity index (χ0n) is 15.6. The molecule has 8 nitrogen and oxygen atoms in total. The van der Waals surface area contributed by atoms with Crippen molar-refractivity contribution in [3.63, 3.8) is 0 Å². The topological polar surface area (TPSA) is 105 Å². The molecule has 0 saturated carbocycles. The second-order valence-electron chi connectivity index (χ2n) is 7.04. The largest absolute Gasteiger partial charge is 0.326 e. The fraction of sp³-hybridized carbons (Fsp3) is 0.316. The summed E-state index contributed by atoms with van der Waals surface area (Å²) in [6.07, 6.45) is 1.19. The molecule has 1 N–H and O–H groups in total. The van der Waals surface area contributed by atoms with E-state index < -0.39 is 15.9 Å². The van der Waals surface area contributed by atoms with E-state index in [4.69, 9.17) is 11.6 Å². The number of amides is 1. The molecular weight excluding hydrogens is 416 g/mol. The minimum absolute atomic E-state index is 0.0302. The predicted octanol–water partition coefficient (Wildman–Crippen LogP) is 3.22. The summed E-state index contributed by atoms with van der Waals surface area (Å²) in [7, 11) is -3.84. The number of hydrogen-bond donors (Lipinski definition) is 1. The smallest absolute Gasteiger partial charge is 0.245 e. The number of nitrogens with zero attached hydrogens (tertiary/aromatic N) is 3. The fourth-order valence-corrected chi connectivity index (χ4v) is 5.26. The van der Waals surface area contributed by atoms with Crippen molar-refractivity contribution in [2.45, 2.75) is 24.7 Å². The van der Waals surface area contributed by atoms with Gasteiger partial charge in [0.05, 0.1) is 5.92 Å². The minimum Gasteiger partial charge on any atom is -0.326 e. The number of halogens is 1. The molecule has 1 aliphatic heterocycles. The first-order chi connectivity index (χ1) is 13.9. The third-order valence-corrected chi connectivity index (χ3v) is 7.37. The summed E-state index contributed by atoms with van der Waals surface area (Å²) in [5, 5.41) is 10.8. The van der Waals surface area contributed by atoms with Gasteiger partial charge in [0.1, 0.15) is 10.4 Å². The zero-order chi connectivity index (χ0) is 20.6. The van der Waals surface area contributed by atoms with Crippen LogP contribution in [0.1, 0.15) is 18.4 Å². The third-order valence-electron chi connectivity index (χ3n) is 5.06. The van der Waals surface area contributed by atoms with Gasteiger partial charge >= 0.3 is 0 Å². The first-order valence-electron chi connectivity index (χ1n) is 9.15. The van der Waals surface area contributed by atoms with Crippen molar-refractivity contribution in [1.29, 1.82) is 0 Å². The highest BCUT2D eigenvalue weighted by Crippen LogP contribution is 2.28. The van der Waals surface area contributed by atoms with E-state index in [-0.39, 0.29) is 22.9 Å². The van der Waals surface area contributed by atoms with Crippen molar-refractivity contribution in [3.8, 4) is 0 Å². The quantitative estimate of drug-likeness (QED) is 0.675. The number of sulfonamides is 1. The van der Waals surface area contributed by atoms with Crippen LogP contribution in [0.5, 0.6) is 0 Å². The van der Waals surface area contributed by atoms with E-state index in [0.29, 0.717) is 35.6 Å². The normalized spacial score (nSPS) is 18.1. The van der Waals surface area contributed by atoms with Gasteiger partial charge in [0, 0.05) is 23.8 Å². The fourth-order valence-electron chi connectivity index (χ4n) is 3.42. The van der Waals surface area contributed by atoms with Crippen molar-refractivity contribution in [1.82, 2.24) is 14.6 Å². The van der Waals surface area contributed by atoms with E-state index in [1.165, 1.54) is 10.4 Å². The number of hydrogen-bond acceptors (Lipinski definition) is 6. The van der Waals surface area contributed by atoms with E-state index in [1.807, 2.05) is 13.0 Å². The van der Waals surface area contributed by atoms with Crippen molar-refractivity contribution < 1.29 is 17.8 Å². The van der Waals surface area contributed by atoms with E-state index >= 15 is 0 Å². The number of carbonyl (C=O) groups is 1. The van der Waals surface area contributed by atoms with Gasteiger partial charge in [-0.15, -0.1) is 0 Å². The number of aromatic nitrogens is 2.